The summed E-state index contributed by atoms with van der Waals surface area (Å²) >= 11 is 5.40. The van der Waals surface area contributed by atoms with Crippen molar-refractivity contribution in [3.8, 4) is 11.5 Å². The largest absolute Gasteiger partial charge is 0.573 e. The quantitative estimate of drug-likeness (QED) is 0.771. The van der Waals surface area contributed by atoms with Crippen molar-refractivity contribution in [2.45, 2.75) is 13.0 Å². The lowest BCUT2D eigenvalue weighted by molar-refractivity contribution is -0.274. The summed E-state index contributed by atoms with van der Waals surface area (Å²) in [5, 5.41) is -0.401. The van der Waals surface area contributed by atoms with Crippen LogP contribution in [0.5, 0.6) is 11.5 Å². The van der Waals surface area contributed by atoms with Crippen molar-refractivity contribution in [1.29, 1.82) is 0 Å². The second kappa shape index (κ2) is 4.73. The van der Waals surface area contributed by atoms with Gasteiger partial charge in [-0.1, -0.05) is 11.6 Å². The first-order valence-electron chi connectivity index (χ1n) is 3.78. The molecule has 0 heterocycles. The molecule has 0 aliphatic heterocycles. The molecule has 0 spiro atoms. The van der Waals surface area contributed by atoms with Crippen LogP contribution in [-0.2, 0) is 0 Å². The molecule has 1 aromatic carbocycles. The summed E-state index contributed by atoms with van der Waals surface area (Å²) in [4.78, 5) is 0. The molecule has 0 aliphatic rings. The standard InChI is InChI=1S/C8H4ClF5O2/c9-5-3-4(16-8(12,13)14)1-2-6(5)15-7(10)11/h1-3,7H. The van der Waals surface area contributed by atoms with Crippen LogP contribution in [0, 0.1) is 0 Å². The van der Waals surface area contributed by atoms with E-state index in [0.29, 0.717) is 0 Å². The van der Waals surface area contributed by atoms with Crippen molar-refractivity contribution in [3.63, 3.8) is 0 Å². The third kappa shape index (κ3) is 4.09. The van der Waals surface area contributed by atoms with Crippen molar-refractivity contribution in [3.05, 3.63) is 23.2 Å². The highest BCUT2D eigenvalue weighted by molar-refractivity contribution is 6.32. The van der Waals surface area contributed by atoms with Crippen LogP contribution >= 0.6 is 11.6 Å². The van der Waals surface area contributed by atoms with Gasteiger partial charge in [0.25, 0.3) is 0 Å². The maximum absolute atomic E-state index is 11.8. The summed E-state index contributed by atoms with van der Waals surface area (Å²) in [7, 11) is 0. The fourth-order valence-corrected chi connectivity index (χ4v) is 1.09. The Balaban J connectivity index is 2.83. The normalized spacial score (nSPS) is 11.7. The van der Waals surface area contributed by atoms with Crippen LogP contribution in [0.25, 0.3) is 0 Å². The smallest absolute Gasteiger partial charge is 0.433 e. The first-order chi connectivity index (χ1) is 7.28. The van der Waals surface area contributed by atoms with Crippen molar-refractivity contribution in [1.82, 2.24) is 0 Å². The van der Waals surface area contributed by atoms with Crippen LogP contribution in [0.4, 0.5) is 22.0 Å². The fraction of sp³-hybridized carbons (Fsp3) is 0.250. The third-order valence-corrected chi connectivity index (χ3v) is 1.65. The Morgan fingerprint density at radius 3 is 2.25 bits per heavy atom. The van der Waals surface area contributed by atoms with Gasteiger partial charge in [-0.3, -0.25) is 0 Å². The summed E-state index contributed by atoms with van der Waals surface area (Å²) in [6.45, 7) is -3.10. The van der Waals surface area contributed by atoms with Gasteiger partial charge in [0.15, 0.2) is 0 Å². The number of hydrogen-bond acceptors (Lipinski definition) is 2. The fourth-order valence-electron chi connectivity index (χ4n) is 0.870. The van der Waals surface area contributed by atoms with E-state index in [9.17, 15) is 22.0 Å². The van der Waals surface area contributed by atoms with E-state index in [-0.39, 0.29) is 0 Å². The highest BCUT2D eigenvalue weighted by atomic mass is 35.5. The second-order valence-corrected chi connectivity index (χ2v) is 2.93. The van der Waals surface area contributed by atoms with Crippen LogP contribution in [0.2, 0.25) is 5.02 Å². The van der Waals surface area contributed by atoms with E-state index in [4.69, 9.17) is 11.6 Å². The van der Waals surface area contributed by atoms with Gasteiger partial charge < -0.3 is 9.47 Å². The van der Waals surface area contributed by atoms with Gasteiger partial charge in [0.05, 0.1) is 5.02 Å². The van der Waals surface area contributed by atoms with Crippen LogP contribution in [0.3, 0.4) is 0 Å². The van der Waals surface area contributed by atoms with Crippen molar-refractivity contribution in [2.24, 2.45) is 0 Å². The van der Waals surface area contributed by atoms with E-state index in [1.165, 1.54) is 0 Å². The van der Waals surface area contributed by atoms with Gasteiger partial charge in [0, 0.05) is 6.07 Å². The van der Waals surface area contributed by atoms with Gasteiger partial charge in [-0.15, -0.1) is 13.2 Å². The van der Waals surface area contributed by atoms with Gasteiger partial charge in [-0.05, 0) is 12.1 Å². The molecule has 0 amide bonds. The van der Waals surface area contributed by atoms with Crippen LogP contribution < -0.4 is 9.47 Å². The minimum absolute atomic E-state index is 0.401. The number of ether oxygens (including phenoxy) is 2. The number of alkyl halides is 5. The zero-order valence-corrected chi connectivity index (χ0v) is 8.15. The average Bonchev–Trinajstić information content (AvgIpc) is 2.06. The van der Waals surface area contributed by atoms with E-state index in [2.05, 4.69) is 9.47 Å². The average molecular weight is 263 g/mol. The van der Waals surface area contributed by atoms with Gasteiger partial charge >= 0.3 is 13.0 Å². The monoisotopic (exact) mass is 262 g/mol. The Morgan fingerprint density at radius 2 is 1.81 bits per heavy atom. The molecule has 0 fully saturated rings. The van der Waals surface area contributed by atoms with Crippen molar-refractivity contribution >= 4 is 11.6 Å². The highest BCUT2D eigenvalue weighted by Gasteiger charge is 2.31. The van der Waals surface area contributed by atoms with E-state index in [1.807, 2.05) is 0 Å². The Labute approximate surface area is 91.5 Å². The molecule has 0 N–H and O–H groups in total. The lowest BCUT2D eigenvalue weighted by Gasteiger charge is -2.11. The summed E-state index contributed by atoms with van der Waals surface area (Å²) < 4.78 is 66.3. The summed E-state index contributed by atoms with van der Waals surface area (Å²) in [6, 6.07) is 2.40. The predicted octanol–water partition coefficient (Wildman–Crippen LogP) is 3.84. The van der Waals surface area contributed by atoms with E-state index < -0.39 is 29.5 Å². The second-order valence-electron chi connectivity index (χ2n) is 2.52. The molecule has 0 unspecified atom stereocenters. The number of halogens is 6. The van der Waals surface area contributed by atoms with E-state index >= 15 is 0 Å². The Hall–Kier alpha value is -1.24. The summed E-state index contributed by atoms with van der Waals surface area (Å²) in [5.41, 5.74) is 0. The lowest BCUT2D eigenvalue weighted by atomic mass is 10.3. The highest BCUT2D eigenvalue weighted by Crippen LogP contribution is 2.32. The van der Waals surface area contributed by atoms with Crippen LogP contribution in [0.1, 0.15) is 0 Å². The number of hydrogen-bond donors (Lipinski definition) is 0. The molecule has 0 aliphatic carbocycles. The Bertz CT molecular complexity index is 366. The van der Waals surface area contributed by atoms with Gasteiger partial charge in [-0.2, -0.15) is 8.78 Å². The van der Waals surface area contributed by atoms with Crippen LogP contribution in [0.15, 0.2) is 18.2 Å². The minimum atomic E-state index is -4.87. The zero-order chi connectivity index (χ0) is 12.3. The van der Waals surface area contributed by atoms with E-state index in [1.54, 1.807) is 0 Å². The molecule has 0 saturated heterocycles. The number of benzene rings is 1. The van der Waals surface area contributed by atoms with E-state index in [0.717, 1.165) is 18.2 Å². The first-order valence-corrected chi connectivity index (χ1v) is 4.16. The molecule has 0 saturated carbocycles. The summed E-state index contributed by atoms with van der Waals surface area (Å²) in [6.07, 6.45) is -4.87. The summed E-state index contributed by atoms with van der Waals surface area (Å²) in [5.74, 6) is -1.04. The molecular weight excluding hydrogens is 259 g/mol. The molecule has 90 valence electrons. The van der Waals surface area contributed by atoms with Gasteiger partial charge in [0.2, 0.25) is 0 Å². The molecule has 0 bridgehead atoms. The van der Waals surface area contributed by atoms with Crippen LogP contribution in [-0.4, -0.2) is 13.0 Å². The van der Waals surface area contributed by atoms with Crippen molar-refractivity contribution < 1.29 is 31.4 Å². The molecule has 0 radical (unpaired) electrons. The number of rotatable bonds is 3. The molecular formula is C8H4ClF5O2. The Morgan fingerprint density at radius 1 is 1.19 bits per heavy atom. The molecule has 0 atom stereocenters. The lowest BCUT2D eigenvalue weighted by Crippen LogP contribution is -2.17. The molecule has 2 nitrogen and oxygen atoms in total. The maximum Gasteiger partial charge on any atom is 0.573 e. The molecule has 0 aromatic heterocycles. The molecule has 1 aromatic rings. The topological polar surface area (TPSA) is 18.5 Å². The van der Waals surface area contributed by atoms with Gasteiger partial charge in [-0.25, -0.2) is 0 Å². The zero-order valence-electron chi connectivity index (χ0n) is 7.39. The predicted molar refractivity (Wildman–Crippen MR) is 44.8 cm³/mol. The molecule has 1 rings (SSSR count). The first kappa shape index (κ1) is 12.8. The third-order valence-electron chi connectivity index (χ3n) is 1.35. The maximum atomic E-state index is 11.8. The van der Waals surface area contributed by atoms with Crippen molar-refractivity contribution in [2.75, 3.05) is 0 Å². The molecule has 16 heavy (non-hydrogen) atoms. The van der Waals surface area contributed by atoms with Gasteiger partial charge in [0.1, 0.15) is 11.5 Å². The molecule has 8 heteroatoms. The Kier molecular flexibility index (Phi) is 3.79. The SMILES string of the molecule is FC(F)Oc1ccc(OC(F)(F)F)cc1Cl. The minimum Gasteiger partial charge on any atom is -0.433 e.